The minimum absolute atomic E-state index is 0.0841. The standard InChI is InChI=1S/C26H48O8/c1-3-24(29)33-21-22(28)16-12-8-5-6-11-15-19-32-26(31)18-14-10-7-9-13-17-23(20-27)34-25(30)4-2/h22-23,27-28H,3-21H2,1-2H3. The second-order valence-electron chi connectivity index (χ2n) is 8.78. The van der Waals surface area contributed by atoms with Crippen LogP contribution in [0.3, 0.4) is 0 Å². The van der Waals surface area contributed by atoms with E-state index >= 15 is 0 Å². The van der Waals surface area contributed by atoms with E-state index in [9.17, 15) is 24.6 Å². The molecule has 0 fully saturated rings. The Labute approximate surface area is 205 Å². The van der Waals surface area contributed by atoms with Crippen LogP contribution in [-0.4, -0.2) is 60.1 Å². The van der Waals surface area contributed by atoms with Crippen molar-refractivity contribution in [3.05, 3.63) is 0 Å². The zero-order chi connectivity index (χ0) is 25.4. The zero-order valence-corrected chi connectivity index (χ0v) is 21.4. The van der Waals surface area contributed by atoms with E-state index < -0.39 is 12.2 Å². The number of rotatable bonds is 23. The minimum atomic E-state index is -0.578. The van der Waals surface area contributed by atoms with Gasteiger partial charge in [0.15, 0.2) is 0 Å². The SMILES string of the molecule is CCC(=O)OCC(O)CCCCCCCCOC(=O)CCCCCCCC(CO)OC(=O)CC. The molecule has 2 unspecified atom stereocenters. The van der Waals surface area contributed by atoms with Crippen LogP contribution in [0.2, 0.25) is 0 Å². The van der Waals surface area contributed by atoms with Crippen molar-refractivity contribution >= 4 is 17.9 Å². The first-order valence-corrected chi connectivity index (χ1v) is 13.2. The van der Waals surface area contributed by atoms with Crippen LogP contribution in [0.25, 0.3) is 0 Å². The lowest BCUT2D eigenvalue weighted by molar-refractivity contribution is -0.151. The lowest BCUT2D eigenvalue weighted by Crippen LogP contribution is -2.21. The molecule has 0 aliphatic heterocycles. The van der Waals surface area contributed by atoms with Crippen LogP contribution in [0.4, 0.5) is 0 Å². The first kappa shape index (κ1) is 32.3. The highest BCUT2D eigenvalue weighted by Crippen LogP contribution is 2.12. The van der Waals surface area contributed by atoms with Crippen LogP contribution in [0.15, 0.2) is 0 Å². The highest BCUT2D eigenvalue weighted by atomic mass is 16.6. The van der Waals surface area contributed by atoms with Crippen LogP contribution in [0.5, 0.6) is 0 Å². The van der Waals surface area contributed by atoms with Crippen molar-refractivity contribution < 1.29 is 38.8 Å². The molecule has 2 N–H and O–H groups in total. The first-order chi connectivity index (χ1) is 16.4. The van der Waals surface area contributed by atoms with Crippen LogP contribution in [0, 0.1) is 0 Å². The summed E-state index contributed by atoms with van der Waals surface area (Å²) in [5.41, 5.74) is 0. The lowest BCUT2D eigenvalue weighted by Gasteiger charge is -2.14. The predicted octanol–water partition coefficient (Wildman–Crippen LogP) is 4.62. The summed E-state index contributed by atoms with van der Waals surface area (Å²) in [6, 6.07) is 0. The summed E-state index contributed by atoms with van der Waals surface area (Å²) in [6.07, 6.45) is 12.1. The zero-order valence-electron chi connectivity index (χ0n) is 21.4. The number of hydrogen-bond acceptors (Lipinski definition) is 8. The summed E-state index contributed by atoms with van der Waals surface area (Å²) >= 11 is 0. The van der Waals surface area contributed by atoms with Gasteiger partial charge in [-0.3, -0.25) is 14.4 Å². The summed E-state index contributed by atoms with van der Waals surface area (Å²) in [4.78, 5) is 34.1. The van der Waals surface area contributed by atoms with Gasteiger partial charge in [-0.15, -0.1) is 0 Å². The molecule has 0 saturated carbocycles. The second-order valence-corrected chi connectivity index (χ2v) is 8.78. The molecule has 200 valence electrons. The van der Waals surface area contributed by atoms with E-state index in [4.69, 9.17) is 14.2 Å². The van der Waals surface area contributed by atoms with Gasteiger partial charge in [-0.25, -0.2) is 0 Å². The highest BCUT2D eigenvalue weighted by molar-refractivity contribution is 5.69. The average molecular weight is 489 g/mol. The molecule has 0 heterocycles. The Morgan fingerprint density at radius 3 is 1.85 bits per heavy atom. The van der Waals surface area contributed by atoms with Crippen molar-refractivity contribution in [1.29, 1.82) is 0 Å². The summed E-state index contributed by atoms with van der Waals surface area (Å²) in [6.45, 7) is 3.88. The average Bonchev–Trinajstić information content (AvgIpc) is 2.84. The monoisotopic (exact) mass is 488 g/mol. The second kappa shape index (κ2) is 23.1. The van der Waals surface area contributed by atoms with Crippen LogP contribution < -0.4 is 0 Å². The Balaban J connectivity index is 3.42. The largest absolute Gasteiger partial charge is 0.466 e. The van der Waals surface area contributed by atoms with Gasteiger partial charge in [-0.05, 0) is 32.1 Å². The normalized spacial score (nSPS) is 12.7. The molecule has 0 aromatic carbocycles. The van der Waals surface area contributed by atoms with Crippen LogP contribution in [-0.2, 0) is 28.6 Å². The maximum Gasteiger partial charge on any atom is 0.305 e. The number of carbonyl (C=O) groups excluding carboxylic acids is 3. The maximum absolute atomic E-state index is 11.8. The molecule has 0 bridgehead atoms. The molecule has 0 aromatic heterocycles. The fraction of sp³-hybridized carbons (Fsp3) is 0.885. The fourth-order valence-electron chi connectivity index (χ4n) is 3.45. The summed E-state index contributed by atoms with van der Waals surface area (Å²) in [5, 5.41) is 19.0. The lowest BCUT2D eigenvalue weighted by atomic mass is 10.1. The third kappa shape index (κ3) is 20.9. The topological polar surface area (TPSA) is 119 Å². The molecule has 0 aromatic rings. The van der Waals surface area contributed by atoms with Crippen molar-refractivity contribution in [2.75, 3.05) is 19.8 Å². The van der Waals surface area contributed by atoms with E-state index in [1.165, 1.54) is 0 Å². The van der Waals surface area contributed by atoms with E-state index in [1.54, 1.807) is 13.8 Å². The van der Waals surface area contributed by atoms with Gasteiger partial charge in [-0.1, -0.05) is 65.2 Å². The number of ether oxygens (including phenoxy) is 3. The molecule has 0 amide bonds. The Hall–Kier alpha value is -1.67. The van der Waals surface area contributed by atoms with Crippen molar-refractivity contribution in [2.24, 2.45) is 0 Å². The molecule has 0 saturated heterocycles. The minimum Gasteiger partial charge on any atom is -0.466 e. The summed E-state index contributed by atoms with van der Waals surface area (Å²) in [7, 11) is 0. The molecular weight excluding hydrogens is 440 g/mol. The Morgan fingerprint density at radius 1 is 0.676 bits per heavy atom. The molecule has 2 atom stereocenters. The number of unbranched alkanes of at least 4 members (excludes halogenated alkanes) is 9. The van der Waals surface area contributed by atoms with Crippen molar-refractivity contribution in [2.45, 2.75) is 129 Å². The van der Waals surface area contributed by atoms with Gasteiger partial charge >= 0.3 is 17.9 Å². The Morgan fingerprint density at radius 2 is 1.24 bits per heavy atom. The van der Waals surface area contributed by atoms with Gasteiger partial charge in [0.1, 0.15) is 12.7 Å². The van der Waals surface area contributed by atoms with E-state index in [1.807, 2.05) is 0 Å². The smallest absolute Gasteiger partial charge is 0.305 e. The number of carbonyl (C=O) groups is 3. The third-order valence-electron chi connectivity index (χ3n) is 5.62. The quantitative estimate of drug-likeness (QED) is 0.121. The number of aliphatic hydroxyl groups excluding tert-OH is 2. The van der Waals surface area contributed by atoms with Gasteiger partial charge in [-0.2, -0.15) is 0 Å². The van der Waals surface area contributed by atoms with Crippen molar-refractivity contribution in [3.63, 3.8) is 0 Å². The Bertz CT molecular complexity index is 523. The van der Waals surface area contributed by atoms with Gasteiger partial charge in [0.25, 0.3) is 0 Å². The van der Waals surface area contributed by atoms with Gasteiger partial charge in [0.05, 0.1) is 19.3 Å². The van der Waals surface area contributed by atoms with Crippen LogP contribution >= 0.6 is 0 Å². The predicted molar refractivity (Wildman–Crippen MR) is 130 cm³/mol. The maximum atomic E-state index is 11.8. The van der Waals surface area contributed by atoms with E-state index in [0.717, 1.165) is 70.6 Å². The molecule has 0 spiro atoms. The van der Waals surface area contributed by atoms with E-state index in [-0.39, 0.29) is 31.1 Å². The van der Waals surface area contributed by atoms with Gasteiger partial charge in [0, 0.05) is 19.3 Å². The number of hydrogen-bond donors (Lipinski definition) is 2. The molecule has 0 aliphatic rings. The molecule has 0 aliphatic carbocycles. The van der Waals surface area contributed by atoms with Crippen molar-refractivity contribution in [3.8, 4) is 0 Å². The van der Waals surface area contributed by atoms with Crippen molar-refractivity contribution in [1.82, 2.24) is 0 Å². The highest BCUT2D eigenvalue weighted by Gasteiger charge is 2.11. The van der Waals surface area contributed by atoms with Gasteiger partial charge in [0.2, 0.25) is 0 Å². The first-order valence-electron chi connectivity index (χ1n) is 13.2. The molecular formula is C26H48O8. The molecule has 0 radical (unpaired) electrons. The number of esters is 3. The van der Waals surface area contributed by atoms with E-state index in [2.05, 4.69) is 0 Å². The number of aliphatic hydroxyl groups is 2. The molecule has 34 heavy (non-hydrogen) atoms. The molecule has 8 nitrogen and oxygen atoms in total. The van der Waals surface area contributed by atoms with Crippen LogP contribution in [0.1, 0.15) is 117 Å². The van der Waals surface area contributed by atoms with Gasteiger partial charge < -0.3 is 24.4 Å². The summed E-state index contributed by atoms with van der Waals surface area (Å²) in [5.74, 6) is -0.694. The Kier molecular flexibility index (Phi) is 22.0. The van der Waals surface area contributed by atoms with E-state index in [0.29, 0.717) is 38.7 Å². The fourth-order valence-corrected chi connectivity index (χ4v) is 3.45. The molecule has 0 rings (SSSR count). The molecule has 8 heteroatoms. The third-order valence-corrected chi connectivity index (χ3v) is 5.62. The summed E-state index contributed by atoms with van der Waals surface area (Å²) < 4.78 is 15.3.